The van der Waals surface area contributed by atoms with Gasteiger partial charge in [-0.25, -0.2) is 4.98 Å². The fourth-order valence-corrected chi connectivity index (χ4v) is 1.87. The first-order valence-corrected chi connectivity index (χ1v) is 6.58. The number of pyridine rings is 1. The van der Waals surface area contributed by atoms with Crippen LogP contribution in [0.3, 0.4) is 0 Å². The van der Waals surface area contributed by atoms with Gasteiger partial charge in [0, 0.05) is 32.4 Å². The molecule has 1 unspecified atom stereocenters. The Balaban J connectivity index is 2.77. The second-order valence-electron chi connectivity index (χ2n) is 4.50. The van der Waals surface area contributed by atoms with Crippen LogP contribution in [0.25, 0.3) is 0 Å². The van der Waals surface area contributed by atoms with Crippen molar-refractivity contribution in [2.45, 2.75) is 32.9 Å². The molecular formula is C14H25N3O. The number of nitrogens with one attached hydrogen (secondary N) is 1. The number of methoxy groups -OCH3 is 1. The first kappa shape index (κ1) is 14.9. The van der Waals surface area contributed by atoms with Crippen molar-refractivity contribution in [1.29, 1.82) is 0 Å². The predicted molar refractivity (Wildman–Crippen MR) is 76.0 cm³/mol. The van der Waals surface area contributed by atoms with Gasteiger partial charge in [-0.05, 0) is 32.0 Å². The van der Waals surface area contributed by atoms with E-state index in [1.807, 2.05) is 13.2 Å². The number of hydrogen-bond acceptors (Lipinski definition) is 4. The van der Waals surface area contributed by atoms with Crippen molar-refractivity contribution in [3.05, 3.63) is 23.9 Å². The standard InChI is InChI=1S/C14H25N3O/c1-5-12(2)17(8-9-18-4)14-7-6-13(10-15-3)11-16-14/h6-7,11-12,15H,5,8-10H2,1-4H3. The van der Waals surface area contributed by atoms with Crippen molar-refractivity contribution in [3.63, 3.8) is 0 Å². The van der Waals surface area contributed by atoms with E-state index in [1.165, 1.54) is 5.56 Å². The van der Waals surface area contributed by atoms with Crippen molar-refractivity contribution in [2.24, 2.45) is 0 Å². The van der Waals surface area contributed by atoms with Crippen LogP contribution in [0.15, 0.2) is 18.3 Å². The third kappa shape index (κ3) is 4.27. The Kier molecular flexibility index (Phi) is 6.68. The molecule has 102 valence electrons. The molecule has 1 N–H and O–H groups in total. The van der Waals surface area contributed by atoms with E-state index < -0.39 is 0 Å². The molecule has 4 nitrogen and oxygen atoms in total. The molecule has 1 heterocycles. The molecule has 1 aromatic heterocycles. The Morgan fingerprint density at radius 2 is 2.22 bits per heavy atom. The van der Waals surface area contributed by atoms with Crippen molar-refractivity contribution in [2.75, 3.05) is 32.2 Å². The minimum Gasteiger partial charge on any atom is -0.383 e. The minimum absolute atomic E-state index is 0.475. The van der Waals surface area contributed by atoms with Crippen LogP contribution in [-0.4, -0.2) is 38.3 Å². The lowest BCUT2D eigenvalue weighted by molar-refractivity contribution is 0.203. The number of ether oxygens (including phenoxy) is 1. The largest absolute Gasteiger partial charge is 0.383 e. The fourth-order valence-electron chi connectivity index (χ4n) is 1.87. The quantitative estimate of drug-likeness (QED) is 0.767. The van der Waals surface area contributed by atoms with Gasteiger partial charge in [-0.15, -0.1) is 0 Å². The van der Waals surface area contributed by atoms with Crippen LogP contribution in [0.5, 0.6) is 0 Å². The van der Waals surface area contributed by atoms with Gasteiger partial charge in [0.15, 0.2) is 0 Å². The van der Waals surface area contributed by atoms with E-state index in [4.69, 9.17) is 4.74 Å². The Bertz CT molecular complexity index is 326. The minimum atomic E-state index is 0.475. The van der Waals surface area contributed by atoms with E-state index in [1.54, 1.807) is 7.11 Å². The maximum Gasteiger partial charge on any atom is 0.128 e. The zero-order valence-corrected chi connectivity index (χ0v) is 11.9. The first-order chi connectivity index (χ1) is 8.72. The Morgan fingerprint density at radius 3 is 2.72 bits per heavy atom. The summed E-state index contributed by atoms with van der Waals surface area (Å²) < 4.78 is 5.17. The van der Waals surface area contributed by atoms with Gasteiger partial charge in [-0.3, -0.25) is 0 Å². The second-order valence-corrected chi connectivity index (χ2v) is 4.50. The maximum absolute atomic E-state index is 5.17. The highest BCUT2D eigenvalue weighted by atomic mass is 16.5. The van der Waals surface area contributed by atoms with Gasteiger partial charge in [0.2, 0.25) is 0 Å². The normalized spacial score (nSPS) is 12.4. The van der Waals surface area contributed by atoms with Gasteiger partial charge >= 0.3 is 0 Å². The summed E-state index contributed by atoms with van der Waals surface area (Å²) in [5, 5.41) is 3.13. The van der Waals surface area contributed by atoms with Gasteiger partial charge in [-0.1, -0.05) is 13.0 Å². The van der Waals surface area contributed by atoms with E-state index in [0.29, 0.717) is 6.04 Å². The van der Waals surface area contributed by atoms with Gasteiger partial charge in [0.1, 0.15) is 5.82 Å². The summed E-state index contributed by atoms with van der Waals surface area (Å²) in [5.41, 5.74) is 1.21. The summed E-state index contributed by atoms with van der Waals surface area (Å²) in [6.45, 7) is 6.88. The van der Waals surface area contributed by atoms with Crippen molar-refractivity contribution in [3.8, 4) is 0 Å². The number of anilines is 1. The fraction of sp³-hybridized carbons (Fsp3) is 0.643. The number of hydrogen-bond donors (Lipinski definition) is 1. The Labute approximate surface area is 110 Å². The molecule has 0 saturated carbocycles. The van der Waals surface area contributed by atoms with E-state index in [9.17, 15) is 0 Å². The molecule has 1 aromatic rings. The van der Waals surface area contributed by atoms with E-state index in [0.717, 1.165) is 31.9 Å². The summed E-state index contributed by atoms with van der Waals surface area (Å²) in [5.74, 6) is 1.03. The summed E-state index contributed by atoms with van der Waals surface area (Å²) >= 11 is 0. The molecular weight excluding hydrogens is 226 g/mol. The van der Waals surface area contributed by atoms with E-state index in [2.05, 4.69) is 41.2 Å². The monoisotopic (exact) mass is 251 g/mol. The molecule has 0 aliphatic rings. The summed E-state index contributed by atoms with van der Waals surface area (Å²) in [6.07, 6.45) is 3.04. The predicted octanol–water partition coefficient (Wildman–Crippen LogP) is 2.05. The molecule has 0 saturated heterocycles. The third-order valence-corrected chi connectivity index (χ3v) is 3.14. The average molecular weight is 251 g/mol. The molecule has 1 atom stereocenters. The summed E-state index contributed by atoms with van der Waals surface area (Å²) in [6, 6.07) is 4.69. The summed E-state index contributed by atoms with van der Waals surface area (Å²) in [7, 11) is 3.68. The van der Waals surface area contributed by atoms with Crippen LogP contribution in [-0.2, 0) is 11.3 Å². The van der Waals surface area contributed by atoms with Crippen LogP contribution in [0, 0.1) is 0 Å². The molecule has 0 bridgehead atoms. The van der Waals surface area contributed by atoms with Crippen LogP contribution >= 0.6 is 0 Å². The topological polar surface area (TPSA) is 37.4 Å². The van der Waals surface area contributed by atoms with Crippen molar-refractivity contribution < 1.29 is 4.74 Å². The zero-order valence-electron chi connectivity index (χ0n) is 11.9. The molecule has 0 aliphatic heterocycles. The zero-order chi connectivity index (χ0) is 13.4. The van der Waals surface area contributed by atoms with Crippen molar-refractivity contribution >= 4 is 5.82 Å². The van der Waals surface area contributed by atoms with Gasteiger partial charge < -0.3 is 15.0 Å². The molecule has 0 radical (unpaired) electrons. The Hall–Kier alpha value is -1.13. The average Bonchev–Trinajstić information content (AvgIpc) is 2.41. The highest BCUT2D eigenvalue weighted by Crippen LogP contribution is 2.16. The smallest absolute Gasteiger partial charge is 0.128 e. The lowest BCUT2D eigenvalue weighted by atomic mass is 10.2. The molecule has 0 fully saturated rings. The number of rotatable bonds is 8. The molecule has 0 amide bonds. The second kappa shape index (κ2) is 8.06. The van der Waals surface area contributed by atoms with Crippen LogP contribution in [0.2, 0.25) is 0 Å². The van der Waals surface area contributed by atoms with Gasteiger partial charge in [0.05, 0.1) is 6.61 Å². The summed E-state index contributed by atoms with van der Waals surface area (Å²) in [4.78, 5) is 6.85. The molecule has 0 spiro atoms. The van der Waals surface area contributed by atoms with E-state index >= 15 is 0 Å². The highest BCUT2D eigenvalue weighted by Gasteiger charge is 2.13. The van der Waals surface area contributed by atoms with E-state index in [-0.39, 0.29) is 0 Å². The first-order valence-electron chi connectivity index (χ1n) is 6.58. The van der Waals surface area contributed by atoms with Crippen LogP contribution < -0.4 is 10.2 Å². The van der Waals surface area contributed by atoms with Crippen molar-refractivity contribution in [1.82, 2.24) is 10.3 Å². The Morgan fingerprint density at radius 1 is 1.44 bits per heavy atom. The number of nitrogens with zero attached hydrogens (tertiary/aromatic N) is 2. The van der Waals surface area contributed by atoms with Gasteiger partial charge in [-0.2, -0.15) is 0 Å². The maximum atomic E-state index is 5.17. The SMILES string of the molecule is CCC(C)N(CCOC)c1ccc(CNC)cn1. The molecule has 18 heavy (non-hydrogen) atoms. The van der Waals surface area contributed by atoms with Gasteiger partial charge in [0.25, 0.3) is 0 Å². The van der Waals surface area contributed by atoms with Crippen LogP contribution in [0.1, 0.15) is 25.8 Å². The highest BCUT2D eigenvalue weighted by molar-refractivity contribution is 5.40. The third-order valence-electron chi connectivity index (χ3n) is 3.14. The lowest BCUT2D eigenvalue weighted by Gasteiger charge is -2.29. The number of aromatic nitrogens is 1. The molecule has 1 rings (SSSR count). The molecule has 0 aliphatic carbocycles. The van der Waals surface area contributed by atoms with Crippen LogP contribution in [0.4, 0.5) is 5.82 Å². The molecule has 0 aromatic carbocycles. The molecule has 4 heteroatoms. The lowest BCUT2D eigenvalue weighted by Crippen LogP contribution is -2.36.